The molecule has 2 aliphatic rings. The first-order chi connectivity index (χ1) is 17.0. The first kappa shape index (κ1) is 24.3. The average molecular weight is 494 g/mol. The largest absolute Gasteiger partial charge is 0.494 e. The van der Waals surface area contributed by atoms with Gasteiger partial charge in [-0.25, -0.2) is 0 Å². The second-order valence-electron chi connectivity index (χ2n) is 10.0. The smallest absolute Gasteiger partial charge is 0.464 e. The molecule has 1 amide bonds. The molecule has 0 radical (unpaired) electrons. The number of amides is 1. The molecule has 0 spiro atoms. The van der Waals surface area contributed by atoms with Crippen LogP contribution in [0, 0.1) is 11.3 Å². The summed E-state index contributed by atoms with van der Waals surface area (Å²) in [6, 6.07) is 10.8. The quantitative estimate of drug-likeness (QED) is 0.383. The van der Waals surface area contributed by atoms with Crippen LogP contribution in [0.4, 0.5) is 8.78 Å². The minimum atomic E-state index is -3.10. The maximum Gasteiger partial charge on any atom is 0.494 e. The van der Waals surface area contributed by atoms with Gasteiger partial charge in [-0.2, -0.15) is 14.0 Å². The predicted octanol–water partition coefficient (Wildman–Crippen LogP) is 4.52. The molecule has 0 unspecified atom stereocenters. The molecule has 1 saturated heterocycles. The van der Waals surface area contributed by atoms with E-state index in [-0.39, 0.29) is 17.9 Å². The average Bonchev–Trinajstić information content (AvgIpc) is 3.32. The van der Waals surface area contributed by atoms with Gasteiger partial charge in [-0.3, -0.25) is 4.79 Å². The highest BCUT2D eigenvalue weighted by Gasteiger charge is 2.51. The fourth-order valence-corrected chi connectivity index (χ4v) is 4.60. The SMILES string of the molecule is CC1(C)OB(c2ccc3c(-c4cc5c(c(OC(F)F)c4)C(=O)N(CC#N)CC5)coc3c2)OC1(C)C. The first-order valence-corrected chi connectivity index (χ1v) is 11.7. The minimum Gasteiger partial charge on any atom is -0.464 e. The molecule has 7 nitrogen and oxygen atoms in total. The lowest BCUT2D eigenvalue weighted by Gasteiger charge is -2.32. The number of furan rings is 1. The Morgan fingerprint density at radius 2 is 1.89 bits per heavy atom. The van der Waals surface area contributed by atoms with Gasteiger partial charge in [-0.05, 0) is 68.9 Å². The molecule has 0 saturated carbocycles. The Morgan fingerprint density at radius 1 is 1.17 bits per heavy atom. The molecule has 3 heterocycles. The van der Waals surface area contributed by atoms with Crippen LogP contribution in [0.15, 0.2) is 41.0 Å². The molecule has 5 rings (SSSR count). The Kier molecular flexibility index (Phi) is 5.81. The van der Waals surface area contributed by atoms with Crippen LogP contribution >= 0.6 is 0 Å². The summed E-state index contributed by atoms with van der Waals surface area (Å²) in [7, 11) is -0.551. The van der Waals surface area contributed by atoms with Crippen molar-refractivity contribution in [2.75, 3.05) is 13.1 Å². The Labute approximate surface area is 207 Å². The van der Waals surface area contributed by atoms with Crippen LogP contribution in [0.25, 0.3) is 22.1 Å². The molecule has 1 aromatic heterocycles. The van der Waals surface area contributed by atoms with Gasteiger partial charge in [0, 0.05) is 17.5 Å². The lowest BCUT2D eigenvalue weighted by Crippen LogP contribution is -2.41. The number of ether oxygens (including phenoxy) is 1. The fourth-order valence-electron chi connectivity index (χ4n) is 4.60. The van der Waals surface area contributed by atoms with Gasteiger partial charge >= 0.3 is 13.7 Å². The van der Waals surface area contributed by atoms with Gasteiger partial charge in [0.15, 0.2) is 0 Å². The zero-order valence-electron chi connectivity index (χ0n) is 20.4. The number of nitriles is 1. The Hall–Kier alpha value is -3.42. The summed E-state index contributed by atoms with van der Waals surface area (Å²) in [5.74, 6) is -0.711. The number of fused-ring (bicyclic) bond motifs is 2. The lowest BCUT2D eigenvalue weighted by molar-refractivity contribution is -0.0503. The number of halogens is 2. The number of hydrogen-bond donors (Lipinski definition) is 0. The van der Waals surface area contributed by atoms with Crippen LogP contribution < -0.4 is 10.2 Å². The standard InChI is InChI=1S/C26H25BF2N2O5/c1-25(2)26(3,4)36-27(35-25)17-5-6-18-19(14-33-20(18)13-17)16-11-15-7-9-31(10-8-30)23(32)22(15)21(12-16)34-24(28)29/h5-6,11-14,24H,7,9-10H2,1-4H3. The van der Waals surface area contributed by atoms with E-state index in [0.29, 0.717) is 35.2 Å². The minimum absolute atomic E-state index is 0.0661. The topological polar surface area (TPSA) is 84.9 Å². The second kappa shape index (κ2) is 8.61. The van der Waals surface area contributed by atoms with Crippen molar-refractivity contribution >= 4 is 29.5 Å². The van der Waals surface area contributed by atoms with E-state index in [1.165, 1.54) is 11.0 Å². The molecule has 186 valence electrons. The van der Waals surface area contributed by atoms with Gasteiger partial charge in [-0.15, -0.1) is 0 Å². The zero-order chi connectivity index (χ0) is 25.8. The van der Waals surface area contributed by atoms with E-state index in [9.17, 15) is 13.6 Å². The molecular weight excluding hydrogens is 469 g/mol. The van der Waals surface area contributed by atoms with Crippen LogP contribution in [0.5, 0.6) is 5.75 Å². The Bertz CT molecular complexity index is 1380. The van der Waals surface area contributed by atoms with Crippen molar-refractivity contribution in [2.24, 2.45) is 0 Å². The van der Waals surface area contributed by atoms with Gasteiger partial charge in [0.25, 0.3) is 5.91 Å². The highest BCUT2D eigenvalue weighted by molar-refractivity contribution is 6.62. The molecule has 0 bridgehead atoms. The summed E-state index contributed by atoms with van der Waals surface area (Å²) in [6.45, 7) is 5.02. The third-order valence-electron chi connectivity index (χ3n) is 7.25. The zero-order valence-corrected chi connectivity index (χ0v) is 20.4. The number of nitrogens with zero attached hydrogens (tertiary/aromatic N) is 2. The molecule has 36 heavy (non-hydrogen) atoms. The van der Waals surface area contributed by atoms with Crippen molar-refractivity contribution in [2.45, 2.75) is 51.9 Å². The summed E-state index contributed by atoms with van der Waals surface area (Å²) < 4.78 is 49.4. The van der Waals surface area contributed by atoms with Crippen molar-refractivity contribution in [1.82, 2.24) is 4.90 Å². The summed E-state index contributed by atoms with van der Waals surface area (Å²) >= 11 is 0. The maximum absolute atomic E-state index is 13.2. The summed E-state index contributed by atoms with van der Waals surface area (Å²) in [5, 5.41) is 9.76. The molecule has 0 aliphatic carbocycles. The van der Waals surface area contributed by atoms with Crippen LogP contribution in [-0.2, 0) is 15.7 Å². The fraction of sp³-hybridized carbons (Fsp3) is 0.385. The van der Waals surface area contributed by atoms with E-state index in [0.717, 1.165) is 10.8 Å². The van der Waals surface area contributed by atoms with E-state index in [1.807, 2.05) is 52.0 Å². The van der Waals surface area contributed by atoms with Gasteiger partial charge in [0.05, 0.1) is 29.1 Å². The highest BCUT2D eigenvalue weighted by Crippen LogP contribution is 2.39. The monoisotopic (exact) mass is 494 g/mol. The van der Waals surface area contributed by atoms with Crippen molar-refractivity contribution < 1.29 is 32.0 Å². The van der Waals surface area contributed by atoms with Gasteiger partial charge < -0.3 is 23.4 Å². The molecule has 0 N–H and O–H groups in total. The molecule has 10 heteroatoms. The number of carbonyl (C=O) groups is 1. The van der Waals surface area contributed by atoms with Gasteiger partial charge in [0.1, 0.15) is 17.9 Å². The molecule has 1 fully saturated rings. The van der Waals surface area contributed by atoms with Crippen LogP contribution in [0.1, 0.15) is 43.6 Å². The van der Waals surface area contributed by atoms with Crippen LogP contribution in [0.3, 0.4) is 0 Å². The Balaban J connectivity index is 1.53. The molecule has 2 aromatic carbocycles. The summed E-state index contributed by atoms with van der Waals surface area (Å²) in [6.07, 6.45) is 1.97. The van der Waals surface area contributed by atoms with Crippen molar-refractivity contribution in [1.29, 1.82) is 5.26 Å². The van der Waals surface area contributed by atoms with E-state index in [1.54, 1.807) is 12.3 Å². The number of rotatable bonds is 5. The van der Waals surface area contributed by atoms with E-state index < -0.39 is 30.8 Å². The maximum atomic E-state index is 13.2. The van der Waals surface area contributed by atoms with Crippen LogP contribution in [-0.4, -0.2) is 48.8 Å². The van der Waals surface area contributed by atoms with Crippen LogP contribution in [0.2, 0.25) is 0 Å². The summed E-state index contributed by atoms with van der Waals surface area (Å²) in [5.41, 5.74) is 2.35. The van der Waals surface area contributed by atoms with Crippen molar-refractivity contribution in [3.05, 3.63) is 47.7 Å². The number of hydrogen-bond acceptors (Lipinski definition) is 6. The van der Waals surface area contributed by atoms with Gasteiger partial charge in [0.2, 0.25) is 0 Å². The van der Waals surface area contributed by atoms with E-state index >= 15 is 0 Å². The molecule has 0 atom stereocenters. The van der Waals surface area contributed by atoms with Gasteiger partial charge in [-0.1, -0.05) is 12.1 Å². The third-order valence-corrected chi connectivity index (χ3v) is 7.25. The molecule has 2 aliphatic heterocycles. The third kappa shape index (κ3) is 4.02. The molecule has 3 aromatic rings. The van der Waals surface area contributed by atoms with E-state index in [2.05, 4.69) is 0 Å². The van der Waals surface area contributed by atoms with Crippen molar-refractivity contribution in [3.8, 4) is 22.9 Å². The number of alkyl halides is 2. The Morgan fingerprint density at radius 3 is 2.56 bits per heavy atom. The number of benzene rings is 2. The summed E-state index contributed by atoms with van der Waals surface area (Å²) in [4.78, 5) is 14.2. The highest BCUT2D eigenvalue weighted by atomic mass is 19.3. The second-order valence-corrected chi connectivity index (χ2v) is 10.0. The van der Waals surface area contributed by atoms with E-state index in [4.69, 9.17) is 23.7 Å². The first-order valence-electron chi connectivity index (χ1n) is 11.7. The lowest BCUT2D eigenvalue weighted by atomic mass is 9.78. The normalized spacial score (nSPS) is 18.6. The number of carbonyl (C=O) groups excluding carboxylic acids is 1. The van der Waals surface area contributed by atoms with Crippen molar-refractivity contribution in [3.63, 3.8) is 0 Å². The predicted molar refractivity (Wildman–Crippen MR) is 129 cm³/mol. The molecular formula is C26H25BF2N2O5.